The molecule has 214 valence electrons. The highest BCUT2D eigenvalue weighted by molar-refractivity contribution is 7.21. The van der Waals surface area contributed by atoms with Crippen molar-refractivity contribution in [2.75, 3.05) is 4.90 Å². The number of hydrogen-bond acceptors (Lipinski definition) is 6. The molecular weight excluding hydrogens is 583 g/mol. The summed E-state index contributed by atoms with van der Waals surface area (Å²) < 4.78 is 1.16. The van der Waals surface area contributed by atoms with Crippen molar-refractivity contribution in [2.45, 2.75) is 0 Å². The lowest BCUT2D eigenvalue weighted by Crippen LogP contribution is -2.09. The highest BCUT2D eigenvalue weighted by Crippen LogP contribution is 2.38. The van der Waals surface area contributed by atoms with E-state index < -0.39 is 0 Å². The van der Waals surface area contributed by atoms with Crippen LogP contribution in [0.4, 0.5) is 17.1 Å². The van der Waals surface area contributed by atoms with Crippen LogP contribution in [-0.4, -0.2) is 4.98 Å². The van der Waals surface area contributed by atoms with Gasteiger partial charge in [0.25, 0.3) is 0 Å². The van der Waals surface area contributed by atoms with E-state index in [9.17, 15) is 15.8 Å². The Morgan fingerprint density at radius 2 is 0.978 bits per heavy atom. The molecule has 0 unspecified atom stereocenters. The van der Waals surface area contributed by atoms with Crippen LogP contribution >= 0.6 is 11.3 Å². The Bertz CT molecular complexity index is 2280. The molecule has 0 aliphatic heterocycles. The maximum Gasteiger partial charge on any atom is 0.124 e. The van der Waals surface area contributed by atoms with Crippen molar-refractivity contribution < 1.29 is 0 Å². The van der Waals surface area contributed by atoms with Gasteiger partial charge in [-0.3, -0.25) is 0 Å². The van der Waals surface area contributed by atoms with Gasteiger partial charge in [-0.05, 0) is 107 Å². The first-order valence-corrected chi connectivity index (χ1v) is 15.4. The van der Waals surface area contributed by atoms with Gasteiger partial charge in [0.2, 0.25) is 0 Å². The summed E-state index contributed by atoms with van der Waals surface area (Å²) in [5.74, 6) is 0. The number of anilines is 3. The summed E-state index contributed by atoms with van der Waals surface area (Å²) in [4.78, 5) is 7.04. The predicted molar refractivity (Wildman–Crippen MR) is 185 cm³/mol. The smallest absolute Gasteiger partial charge is 0.124 e. The highest BCUT2D eigenvalue weighted by Gasteiger charge is 2.15. The van der Waals surface area contributed by atoms with E-state index in [-0.39, 0.29) is 0 Å². The van der Waals surface area contributed by atoms with E-state index in [1.807, 2.05) is 60.7 Å². The number of thiazole rings is 1. The molecule has 6 aromatic carbocycles. The molecule has 0 N–H and O–H groups in total. The fraction of sp³-hybridized carbons (Fsp3) is 0. The molecule has 0 aliphatic rings. The molecule has 0 radical (unpaired) electrons. The van der Waals surface area contributed by atoms with Gasteiger partial charge in [0.05, 0.1) is 33.0 Å². The monoisotopic (exact) mass is 605 g/mol. The third kappa shape index (κ3) is 5.47. The van der Waals surface area contributed by atoms with Crippen molar-refractivity contribution in [1.82, 2.24) is 4.98 Å². The van der Waals surface area contributed by atoms with Crippen LogP contribution in [0.15, 0.2) is 140 Å². The lowest BCUT2D eigenvalue weighted by Gasteiger charge is -2.26. The standard InChI is InChI=1S/C40H23N5S/c41-24-27-5-7-28(8-6-27)29-11-17-35(18-12-29)45(36-19-13-30(14-20-36)32-9-10-33(25-42)34(23-32)26-43)37-21-15-31(16-22-37)40-44-38-3-1-2-4-39(38)46-40/h1-23H. The maximum atomic E-state index is 9.51. The normalized spacial score (nSPS) is 10.5. The summed E-state index contributed by atoms with van der Waals surface area (Å²) >= 11 is 1.68. The van der Waals surface area contributed by atoms with Crippen molar-refractivity contribution in [3.63, 3.8) is 0 Å². The van der Waals surface area contributed by atoms with Gasteiger partial charge in [-0.1, -0.05) is 54.6 Å². The van der Waals surface area contributed by atoms with Crippen LogP contribution in [0.1, 0.15) is 16.7 Å². The Labute approximate surface area is 270 Å². The van der Waals surface area contributed by atoms with Gasteiger partial charge in [-0.2, -0.15) is 15.8 Å². The van der Waals surface area contributed by atoms with Gasteiger partial charge in [-0.15, -0.1) is 11.3 Å². The summed E-state index contributed by atoms with van der Waals surface area (Å²) in [5, 5.41) is 29.0. The summed E-state index contributed by atoms with van der Waals surface area (Å²) in [6.07, 6.45) is 0. The lowest BCUT2D eigenvalue weighted by molar-refractivity contribution is 1.28. The van der Waals surface area contributed by atoms with E-state index in [4.69, 9.17) is 4.98 Å². The van der Waals surface area contributed by atoms with Gasteiger partial charge in [-0.25, -0.2) is 4.98 Å². The van der Waals surface area contributed by atoms with Crippen LogP contribution in [0.25, 0.3) is 43.0 Å². The lowest BCUT2D eigenvalue weighted by atomic mass is 9.99. The van der Waals surface area contributed by atoms with Crippen LogP contribution in [0, 0.1) is 34.0 Å². The summed E-state index contributed by atoms with van der Waals surface area (Å²) in [5.41, 5.74) is 10.3. The zero-order valence-corrected chi connectivity index (χ0v) is 25.2. The van der Waals surface area contributed by atoms with E-state index in [2.05, 4.69) is 89.8 Å². The number of nitrogens with zero attached hydrogens (tertiary/aromatic N) is 5. The zero-order chi connectivity index (χ0) is 31.5. The molecule has 0 saturated heterocycles. The first kappa shape index (κ1) is 28.3. The van der Waals surface area contributed by atoms with Crippen LogP contribution in [0.5, 0.6) is 0 Å². The molecule has 7 rings (SSSR count). The largest absolute Gasteiger partial charge is 0.311 e. The molecular formula is C40H23N5S. The molecule has 1 aromatic heterocycles. The van der Waals surface area contributed by atoms with Crippen molar-refractivity contribution in [3.05, 3.63) is 156 Å². The molecule has 0 bridgehead atoms. The second-order valence-electron chi connectivity index (χ2n) is 10.6. The van der Waals surface area contributed by atoms with Crippen molar-refractivity contribution >= 4 is 38.6 Å². The second-order valence-corrected chi connectivity index (χ2v) is 11.7. The average molecular weight is 606 g/mol. The summed E-state index contributed by atoms with van der Waals surface area (Å²) in [7, 11) is 0. The molecule has 6 heteroatoms. The number of benzene rings is 6. The van der Waals surface area contributed by atoms with E-state index >= 15 is 0 Å². The first-order valence-electron chi connectivity index (χ1n) is 14.5. The van der Waals surface area contributed by atoms with Crippen molar-refractivity contribution in [2.24, 2.45) is 0 Å². The molecule has 0 spiro atoms. The van der Waals surface area contributed by atoms with Crippen LogP contribution < -0.4 is 4.90 Å². The Morgan fingerprint density at radius 1 is 0.478 bits per heavy atom. The van der Waals surface area contributed by atoms with E-state index in [1.165, 1.54) is 0 Å². The average Bonchev–Trinajstić information content (AvgIpc) is 3.57. The fourth-order valence-electron chi connectivity index (χ4n) is 5.45. The Kier molecular flexibility index (Phi) is 7.51. The maximum absolute atomic E-state index is 9.51. The zero-order valence-electron chi connectivity index (χ0n) is 24.4. The van der Waals surface area contributed by atoms with E-state index in [1.54, 1.807) is 23.5 Å². The van der Waals surface area contributed by atoms with Crippen LogP contribution in [0.2, 0.25) is 0 Å². The number of aromatic nitrogens is 1. The molecule has 1 heterocycles. The molecule has 46 heavy (non-hydrogen) atoms. The fourth-order valence-corrected chi connectivity index (χ4v) is 6.42. The van der Waals surface area contributed by atoms with E-state index in [0.29, 0.717) is 16.7 Å². The van der Waals surface area contributed by atoms with Crippen molar-refractivity contribution in [1.29, 1.82) is 15.8 Å². The van der Waals surface area contributed by atoms with Gasteiger partial charge in [0.15, 0.2) is 0 Å². The molecule has 0 amide bonds. The van der Waals surface area contributed by atoms with E-state index in [0.717, 1.165) is 60.1 Å². The third-order valence-corrected chi connectivity index (χ3v) is 8.94. The summed E-state index contributed by atoms with van der Waals surface area (Å²) in [6.45, 7) is 0. The molecule has 0 aliphatic carbocycles. The Hall–Kier alpha value is -6.52. The third-order valence-electron chi connectivity index (χ3n) is 7.86. The van der Waals surface area contributed by atoms with Crippen molar-refractivity contribution in [3.8, 4) is 51.0 Å². The quantitative estimate of drug-likeness (QED) is 0.188. The molecule has 0 saturated carbocycles. The number of fused-ring (bicyclic) bond motifs is 1. The topological polar surface area (TPSA) is 87.5 Å². The Morgan fingerprint density at radius 3 is 1.52 bits per heavy atom. The highest BCUT2D eigenvalue weighted by atomic mass is 32.1. The number of para-hydroxylation sites is 1. The number of hydrogen-bond donors (Lipinski definition) is 0. The van der Waals surface area contributed by atoms with Crippen LogP contribution in [-0.2, 0) is 0 Å². The van der Waals surface area contributed by atoms with Gasteiger partial charge in [0.1, 0.15) is 17.1 Å². The SMILES string of the molecule is N#Cc1ccc(-c2ccc(N(c3ccc(-c4ccc(C#N)c(C#N)c4)cc3)c3ccc(-c4nc5ccccc5s4)cc3)cc2)cc1. The molecule has 7 aromatic rings. The van der Waals surface area contributed by atoms with Gasteiger partial charge >= 0.3 is 0 Å². The molecule has 5 nitrogen and oxygen atoms in total. The summed E-state index contributed by atoms with van der Waals surface area (Å²) in [6, 6.07) is 52.5. The van der Waals surface area contributed by atoms with Gasteiger partial charge < -0.3 is 4.90 Å². The predicted octanol–water partition coefficient (Wildman–Crippen LogP) is 10.4. The number of rotatable bonds is 6. The van der Waals surface area contributed by atoms with Gasteiger partial charge in [0, 0.05) is 22.6 Å². The van der Waals surface area contributed by atoms with Crippen LogP contribution in [0.3, 0.4) is 0 Å². The minimum atomic E-state index is 0.362. The Balaban J connectivity index is 1.26. The first-order chi connectivity index (χ1) is 22.6. The molecule has 0 atom stereocenters. The number of nitriles is 3. The second kappa shape index (κ2) is 12.2. The minimum absolute atomic E-state index is 0.362. The molecule has 0 fully saturated rings. The minimum Gasteiger partial charge on any atom is -0.311 e.